The topological polar surface area (TPSA) is 30.8 Å². The zero-order valence-electron chi connectivity index (χ0n) is 11.8. The minimum Gasteiger partial charge on any atom is -0.493 e. The molecule has 0 heterocycles. The minimum atomic E-state index is 0.379. The summed E-state index contributed by atoms with van der Waals surface area (Å²) in [7, 11) is 1.58. The second kappa shape index (κ2) is 6.95. The summed E-state index contributed by atoms with van der Waals surface area (Å²) in [6, 6.07) is 13.4. The number of methoxy groups -OCH3 is 1. The van der Waals surface area contributed by atoms with Crippen LogP contribution in [0.3, 0.4) is 0 Å². The molecule has 2 aromatic carbocycles. The van der Waals surface area contributed by atoms with Crippen molar-refractivity contribution in [2.45, 2.75) is 6.61 Å². The number of aliphatic imine (C=N–C) groups is 1. The van der Waals surface area contributed by atoms with E-state index in [1.807, 2.05) is 30.3 Å². The Morgan fingerprint density at radius 2 is 1.90 bits per heavy atom. The monoisotopic (exact) mass is 301 g/mol. The van der Waals surface area contributed by atoms with E-state index in [0.717, 1.165) is 5.56 Å². The maximum Gasteiger partial charge on any atom is 0.162 e. The first-order valence-electron chi connectivity index (χ1n) is 6.36. The van der Waals surface area contributed by atoms with Gasteiger partial charge in [-0.05, 0) is 18.3 Å². The van der Waals surface area contributed by atoms with Gasteiger partial charge < -0.3 is 9.47 Å². The molecular formula is C17H16ClNO2. The Morgan fingerprint density at radius 3 is 2.48 bits per heavy atom. The minimum absolute atomic E-state index is 0.379. The Labute approximate surface area is 129 Å². The van der Waals surface area contributed by atoms with Crippen molar-refractivity contribution in [3.8, 4) is 11.5 Å². The largest absolute Gasteiger partial charge is 0.493 e. The molecule has 0 aliphatic rings. The lowest BCUT2D eigenvalue weighted by molar-refractivity contribution is 0.284. The highest BCUT2D eigenvalue weighted by atomic mass is 35.5. The number of hydrogen-bond donors (Lipinski definition) is 0. The van der Waals surface area contributed by atoms with Gasteiger partial charge in [0, 0.05) is 16.7 Å². The van der Waals surface area contributed by atoms with Gasteiger partial charge in [-0.25, -0.2) is 0 Å². The molecule has 21 heavy (non-hydrogen) atoms. The summed E-state index contributed by atoms with van der Waals surface area (Å²) < 4.78 is 11.1. The molecule has 0 amide bonds. The van der Waals surface area contributed by atoms with E-state index < -0.39 is 0 Å². The number of ether oxygens (including phenoxy) is 2. The molecular weight excluding hydrogens is 286 g/mol. The average Bonchev–Trinajstić information content (AvgIpc) is 2.52. The number of benzene rings is 2. The van der Waals surface area contributed by atoms with E-state index in [1.54, 1.807) is 19.2 Å². The molecule has 0 aliphatic heterocycles. The lowest BCUT2D eigenvalue weighted by Gasteiger charge is -2.14. The van der Waals surface area contributed by atoms with E-state index >= 15 is 0 Å². The highest BCUT2D eigenvalue weighted by Crippen LogP contribution is 2.38. The van der Waals surface area contributed by atoms with Gasteiger partial charge in [0.2, 0.25) is 0 Å². The van der Waals surface area contributed by atoms with Crippen molar-refractivity contribution >= 4 is 29.0 Å². The fourth-order valence-electron chi connectivity index (χ4n) is 1.90. The van der Waals surface area contributed by atoms with Crippen molar-refractivity contribution in [1.82, 2.24) is 0 Å². The Kier molecular flexibility index (Phi) is 5.01. The normalized spacial score (nSPS) is 10.0. The van der Waals surface area contributed by atoms with E-state index in [4.69, 9.17) is 21.1 Å². The molecule has 0 radical (unpaired) electrons. The van der Waals surface area contributed by atoms with Gasteiger partial charge in [-0.2, -0.15) is 0 Å². The smallest absolute Gasteiger partial charge is 0.162 e. The first kappa shape index (κ1) is 15.1. The van der Waals surface area contributed by atoms with Gasteiger partial charge in [-0.3, -0.25) is 4.99 Å². The molecule has 0 aliphatic carbocycles. The maximum atomic E-state index is 5.99. The number of hydrogen-bond acceptors (Lipinski definition) is 3. The van der Waals surface area contributed by atoms with Crippen LogP contribution in [0.25, 0.3) is 5.03 Å². The predicted molar refractivity (Wildman–Crippen MR) is 87.9 cm³/mol. The summed E-state index contributed by atoms with van der Waals surface area (Å²) in [5.74, 6) is 1.17. The van der Waals surface area contributed by atoms with Crippen molar-refractivity contribution in [1.29, 1.82) is 0 Å². The lowest BCUT2D eigenvalue weighted by Crippen LogP contribution is -1.98. The summed E-state index contributed by atoms with van der Waals surface area (Å²) in [4.78, 5) is 3.93. The Balaban J connectivity index is 2.31. The Bertz CT molecular complexity index is 653. The molecule has 0 aromatic heterocycles. The highest BCUT2D eigenvalue weighted by molar-refractivity contribution is 6.48. The first-order valence-corrected chi connectivity index (χ1v) is 6.73. The van der Waals surface area contributed by atoms with Crippen LogP contribution in [0, 0.1) is 0 Å². The summed E-state index contributed by atoms with van der Waals surface area (Å²) in [6.07, 6.45) is 0. The van der Waals surface area contributed by atoms with Crippen LogP contribution in [0.1, 0.15) is 11.1 Å². The molecule has 2 aromatic rings. The van der Waals surface area contributed by atoms with Crippen LogP contribution in [0.15, 0.2) is 54.0 Å². The van der Waals surface area contributed by atoms with Crippen molar-refractivity contribution in [3.05, 3.63) is 60.2 Å². The van der Waals surface area contributed by atoms with Crippen LogP contribution in [0.2, 0.25) is 0 Å². The third kappa shape index (κ3) is 3.64. The molecule has 0 atom stereocenters. The van der Waals surface area contributed by atoms with Gasteiger partial charge in [-0.1, -0.05) is 48.5 Å². The SMILES string of the molecule is C=Nc1cc(OC)c(OCc2ccccc2)cc1C(=C)Cl. The predicted octanol–water partition coefficient (Wildman–Crippen LogP) is 4.82. The van der Waals surface area contributed by atoms with Gasteiger partial charge in [-0.15, -0.1) is 0 Å². The van der Waals surface area contributed by atoms with Gasteiger partial charge in [0.05, 0.1) is 12.8 Å². The fourth-order valence-corrected chi connectivity index (χ4v) is 2.06. The molecule has 4 heteroatoms. The Hall–Kier alpha value is -2.26. The number of halogens is 1. The molecule has 0 spiro atoms. The first-order chi connectivity index (χ1) is 10.2. The second-order valence-electron chi connectivity index (χ2n) is 4.36. The van der Waals surface area contributed by atoms with Crippen LogP contribution in [0.4, 0.5) is 5.69 Å². The number of rotatable bonds is 6. The van der Waals surface area contributed by atoms with Gasteiger partial charge in [0.1, 0.15) is 6.61 Å². The van der Waals surface area contributed by atoms with Gasteiger partial charge >= 0.3 is 0 Å². The third-order valence-electron chi connectivity index (χ3n) is 2.98. The molecule has 2 rings (SSSR count). The summed E-state index contributed by atoms with van der Waals surface area (Å²) in [5, 5.41) is 0.379. The summed E-state index contributed by atoms with van der Waals surface area (Å²) in [6.45, 7) is 7.69. The van der Waals surface area contributed by atoms with Crippen LogP contribution >= 0.6 is 11.6 Å². The standard InChI is InChI=1S/C17H16ClNO2/c1-12(18)14-9-17(16(20-3)10-15(14)19-2)21-11-13-7-5-4-6-8-13/h4-10H,1-2,11H2,3H3. The van der Waals surface area contributed by atoms with Crippen LogP contribution < -0.4 is 9.47 Å². The van der Waals surface area contributed by atoms with Gasteiger partial charge in [0.25, 0.3) is 0 Å². The molecule has 108 valence electrons. The average molecular weight is 302 g/mol. The maximum absolute atomic E-state index is 5.99. The van der Waals surface area contributed by atoms with Crippen LogP contribution in [-0.2, 0) is 6.61 Å². The third-order valence-corrected chi connectivity index (χ3v) is 3.19. The summed E-state index contributed by atoms with van der Waals surface area (Å²) >= 11 is 5.99. The second-order valence-corrected chi connectivity index (χ2v) is 4.81. The zero-order chi connectivity index (χ0) is 15.2. The molecule has 0 N–H and O–H groups in total. The molecule has 0 saturated heterocycles. The molecule has 3 nitrogen and oxygen atoms in total. The van der Waals surface area contributed by atoms with Crippen LogP contribution in [0.5, 0.6) is 11.5 Å². The van der Waals surface area contributed by atoms with Gasteiger partial charge in [0.15, 0.2) is 11.5 Å². The van der Waals surface area contributed by atoms with E-state index in [9.17, 15) is 0 Å². The van der Waals surface area contributed by atoms with Crippen molar-refractivity contribution in [2.24, 2.45) is 4.99 Å². The van der Waals surface area contributed by atoms with E-state index in [-0.39, 0.29) is 0 Å². The number of nitrogens with zero attached hydrogens (tertiary/aromatic N) is 1. The molecule has 0 unspecified atom stereocenters. The lowest BCUT2D eigenvalue weighted by atomic mass is 10.1. The summed E-state index contributed by atoms with van der Waals surface area (Å²) in [5.41, 5.74) is 2.35. The Morgan fingerprint density at radius 1 is 1.19 bits per heavy atom. The van der Waals surface area contributed by atoms with Crippen molar-refractivity contribution in [3.63, 3.8) is 0 Å². The molecule has 0 saturated carbocycles. The van der Waals surface area contributed by atoms with E-state index in [0.29, 0.717) is 34.4 Å². The zero-order valence-corrected chi connectivity index (χ0v) is 12.6. The molecule has 0 bridgehead atoms. The molecule has 0 fully saturated rings. The van der Waals surface area contributed by atoms with E-state index in [2.05, 4.69) is 18.3 Å². The fraction of sp³-hybridized carbons (Fsp3) is 0.118. The van der Waals surface area contributed by atoms with E-state index in [1.165, 1.54) is 0 Å². The van der Waals surface area contributed by atoms with Crippen molar-refractivity contribution < 1.29 is 9.47 Å². The quantitative estimate of drug-likeness (QED) is 0.716. The van der Waals surface area contributed by atoms with Crippen molar-refractivity contribution in [2.75, 3.05) is 7.11 Å². The van der Waals surface area contributed by atoms with Crippen LogP contribution in [-0.4, -0.2) is 13.8 Å². The highest BCUT2D eigenvalue weighted by Gasteiger charge is 2.12.